The third kappa shape index (κ3) is 4.33. The van der Waals surface area contributed by atoms with E-state index in [0.717, 1.165) is 12.8 Å². The van der Waals surface area contributed by atoms with Crippen LogP contribution < -0.4 is 19.5 Å². The number of urea groups is 1. The van der Waals surface area contributed by atoms with Gasteiger partial charge in [0.05, 0.1) is 27.0 Å². The Hall–Kier alpha value is -3.03. The van der Waals surface area contributed by atoms with E-state index in [1.165, 1.54) is 0 Å². The van der Waals surface area contributed by atoms with Gasteiger partial charge in [0.25, 0.3) is 0 Å². The molecule has 3 rings (SSSR count). The predicted molar refractivity (Wildman–Crippen MR) is 95.8 cm³/mol. The van der Waals surface area contributed by atoms with E-state index in [1.54, 1.807) is 55.9 Å². The monoisotopic (exact) mass is 358 g/mol. The highest BCUT2D eigenvalue weighted by atomic mass is 16.5. The SMILES string of the molecule is COc1ccc(NC(=O)N2CCCC(Oc3cnccn3)C2)cc1OC. The first-order valence-corrected chi connectivity index (χ1v) is 8.40. The average molecular weight is 358 g/mol. The number of aromatic nitrogens is 2. The smallest absolute Gasteiger partial charge is 0.321 e. The normalized spacial score (nSPS) is 16.7. The summed E-state index contributed by atoms with van der Waals surface area (Å²) in [6.45, 7) is 1.18. The van der Waals surface area contributed by atoms with Crippen LogP contribution in [0, 0.1) is 0 Å². The molecule has 138 valence electrons. The molecular formula is C18H22N4O4. The summed E-state index contributed by atoms with van der Waals surface area (Å²) in [5.74, 6) is 1.65. The molecule has 8 heteroatoms. The minimum atomic E-state index is -0.176. The van der Waals surface area contributed by atoms with Crippen LogP contribution in [0.3, 0.4) is 0 Å². The second-order valence-electron chi connectivity index (χ2n) is 5.87. The number of hydrogen-bond donors (Lipinski definition) is 1. The molecule has 1 atom stereocenters. The summed E-state index contributed by atoms with van der Waals surface area (Å²) < 4.78 is 16.3. The lowest BCUT2D eigenvalue weighted by Crippen LogP contribution is -2.46. The molecule has 0 bridgehead atoms. The second-order valence-corrected chi connectivity index (χ2v) is 5.87. The number of amides is 2. The number of methoxy groups -OCH3 is 2. The Morgan fingerprint density at radius 2 is 2.08 bits per heavy atom. The Morgan fingerprint density at radius 3 is 2.81 bits per heavy atom. The van der Waals surface area contributed by atoms with Crippen LogP contribution in [0.15, 0.2) is 36.8 Å². The van der Waals surface area contributed by atoms with Crippen molar-refractivity contribution in [3.8, 4) is 17.4 Å². The van der Waals surface area contributed by atoms with Gasteiger partial charge in [-0.25, -0.2) is 9.78 Å². The van der Waals surface area contributed by atoms with Crippen molar-refractivity contribution in [1.82, 2.24) is 14.9 Å². The van der Waals surface area contributed by atoms with E-state index in [2.05, 4.69) is 15.3 Å². The number of nitrogens with zero attached hydrogens (tertiary/aromatic N) is 3. The van der Waals surface area contributed by atoms with Gasteiger partial charge in [-0.3, -0.25) is 4.98 Å². The number of likely N-dealkylation sites (tertiary alicyclic amines) is 1. The molecular weight excluding hydrogens is 336 g/mol. The zero-order valence-electron chi connectivity index (χ0n) is 14.8. The fraction of sp³-hybridized carbons (Fsp3) is 0.389. The predicted octanol–water partition coefficient (Wildman–Crippen LogP) is 2.57. The number of piperidine rings is 1. The van der Waals surface area contributed by atoms with E-state index < -0.39 is 0 Å². The van der Waals surface area contributed by atoms with Crippen molar-refractivity contribution in [1.29, 1.82) is 0 Å². The molecule has 1 aliphatic heterocycles. The van der Waals surface area contributed by atoms with Crippen molar-refractivity contribution in [2.24, 2.45) is 0 Å². The first-order chi connectivity index (χ1) is 12.7. The molecule has 1 unspecified atom stereocenters. The molecule has 26 heavy (non-hydrogen) atoms. The van der Waals surface area contributed by atoms with Gasteiger partial charge in [0.15, 0.2) is 11.5 Å². The minimum absolute atomic E-state index is 0.100. The molecule has 2 amide bonds. The van der Waals surface area contributed by atoms with Crippen molar-refractivity contribution in [3.05, 3.63) is 36.8 Å². The maximum Gasteiger partial charge on any atom is 0.321 e. The topological polar surface area (TPSA) is 85.8 Å². The van der Waals surface area contributed by atoms with Gasteiger partial charge >= 0.3 is 6.03 Å². The van der Waals surface area contributed by atoms with Crippen molar-refractivity contribution in [2.45, 2.75) is 18.9 Å². The molecule has 0 radical (unpaired) electrons. The Labute approximate surface area is 152 Å². The fourth-order valence-corrected chi connectivity index (χ4v) is 2.85. The lowest BCUT2D eigenvalue weighted by Gasteiger charge is -2.32. The summed E-state index contributed by atoms with van der Waals surface area (Å²) in [5, 5.41) is 2.89. The summed E-state index contributed by atoms with van der Waals surface area (Å²) >= 11 is 0. The Balaban J connectivity index is 1.60. The van der Waals surface area contributed by atoms with Gasteiger partial charge in [-0.15, -0.1) is 0 Å². The second kappa shape index (κ2) is 8.37. The van der Waals surface area contributed by atoms with Crippen LogP contribution in [0.2, 0.25) is 0 Å². The van der Waals surface area contributed by atoms with Crippen LogP contribution in [0.4, 0.5) is 10.5 Å². The van der Waals surface area contributed by atoms with E-state index in [-0.39, 0.29) is 12.1 Å². The largest absolute Gasteiger partial charge is 0.493 e. The summed E-state index contributed by atoms with van der Waals surface area (Å²) in [4.78, 5) is 22.4. The van der Waals surface area contributed by atoms with Crippen LogP contribution in [0.1, 0.15) is 12.8 Å². The Morgan fingerprint density at radius 1 is 1.23 bits per heavy atom. The van der Waals surface area contributed by atoms with E-state index in [1.807, 2.05) is 0 Å². The first kappa shape index (κ1) is 17.8. The molecule has 1 saturated heterocycles. The zero-order chi connectivity index (χ0) is 18.4. The van der Waals surface area contributed by atoms with Crippen LogP contribution in [-0.2, 0) is 0 Å². The molecule has 8 nitrogen and oxygen atoms in total. The van der Waals surface area contributed by atoms with Gasteiger partial charge in [0.2, 0.25) is 5.88 Å². The number of carbonyl (C=O) groups excluding carboxylic acids is 1. The molecule has 0 spiro atoms. The van der Waals surface area contributed by atoms with Gasteiger partial charge in [0.1, 0.15) is 6.10 Å². The van der Waals surface area contributed by atoms with Crippen molar-refractivity contribution < 1.29 is 19.0 Å². The van der Waals surface area contributed by atoms with E-state index >= 15 is 0 Å². The van der Waals surface area contributed by atoms with Crippen LogP contribution in [0.25, 0.3) is 0 Å². The average Bonchev–Trinajstić information content (AvgIpc) is 2.69. The van der Waals surface area contributed by atoms with Gasteiger partial charge in [-0.2, -0.15) is 0 Å². The molecule has 1 aliphatic rings. The zero-order valence-corrected chi connectivity index (χ0v) is 14.8. The first-order valence-electron chi connectivity index (χ1n) is 8.40. The number of nitrogens with one attached hydrogen (secondary N) is 1. The van der Waals surface area contributed by atoms with Crippen LogP contribution >= 0.6 is 0 Å². The molecule has 0 aliphatic carbocycles. The molecule has 2 heterocycles. The van der Waals surface area contributed by atoms with E-state index in [9.17, 15) is 4.79 Å². The quantitative estimate of drug-likeness (QED) is 0.884. The van der Waals surface area contributed by atoms with Crippen molar-refractivity contribution in [3.63, 3.8) is 0 Å². The summed E-state index contributed by atoms with van der Waals surface area (Å²) in [5.41, 5.74) is 0.643. The van der Waals surface area contributed by atoms with Crippen LogP contribution in [0.5, 0.6) is 17.4 Å². The lowest BCUT2D eigenvalue weighted by molar-refractivity contribution is 0.102. The summed E-state index contributed by atoms with van der Waals surface area (Å²) in [6.07, 6.45) is 6.39. The number of benzene rings is 1. The summed E-state index contributed by atoms with van der Waals surface area (Å²) in [7, 11) is 3.13. The highest BCUT2D eigenvalue weighted by Crippen LogP contribution is 2.30. The van der Waals surface area contributed by atoms with Crippen molar-refractivity contribution >= 4 is 11.7 Å². The number of carbonyl (C=O) groups is 1. The van der Waals surface area contributed by atoms with Gasteiger partial charge in [-0.05, 0) is 25.0 Å². The number of hydrogen-bond acceptors (Lipinski definition) is 6. The maximum absolute atomic E-state index is 12.6. The molecule has 2 aromatic rings. The summed E-state index contributed by atoms with van der Waals surface area (Å²) in [6, 6.07) is 5.08. The maximum atomic E-state index is 12.6. The molecule has 1 aromatic carbocycles. The fourth-order valence-electron chi connectivity index (χ4n) is 2.85. The number of anilines is 1. The van der Waals surface area contributed by atoms with E-state index in [4.69, 9.17) is 14.2 Å². The minimum Gasteiger partial charge on any atom is -0.493 e. The Kier molecular flexibility index (Phi) is 5.73. The standard InChI is InChI=1S/C18H22N4O4/c1-24-15-6-5-13(10-16(15)25-2)21-18(23)22-9-3-4-14(12-22)26-17-11-19-7-8-20-17/h5-8,10-11,14H,3-4,9,12H2,1-2H3,(H,21,23). The van der Waals surface area contributed by atoms with Gasteiger partial charge < -0.3 is 24.4 Å². The third-order valence-electron chi connectivity index (χ3n) is 4.13. The number of rotatable bonds is 5. The molecule has 0 saturated carbocycles. The lowest BCUT2D eigenvalue weighted by atomic mass is 10.1. The van der Waals surface area contributed by atoms with Crippen LogP contribution in [-0.4, -0.2) is 54.3 Å². The van der Waals surface area contributed by atoms with E-state index in [0.29, 0.717) is 36.2 Å². The molecule has 1 N–H and O–H groups in total. The number of ether oxygens (including phenoxy) is 3. The highest BCUT2D eigenvalue weighted by molar-refractivity contribution is 5.89. The molecule has 1 aromatic heterocycles. The van der Waals surface area contributed by atoms with Gasteiger partial charge in [0, 0.05) is 30.7 Å². The van der Waals surface area contributed by atoms with Crippen molar-refractivity contribution in [2.75, 3.05) is 32.6 Å². The molecule has 1 fully saturated rings. The Bertz CT molecular complexity index is 741. The highest BCUT2D eigenvalue weighted by Gasteiger charge is 2.25. The van der Waals surface area contributed by atoms with Gasteiger partial charge in [-0.1, -0.05) is 0 Å². The third-order valence-corrected chi connectivity index (χ3v) is 4.13.